The molecule has 0 aliphatic carbocycles. The highest BCUT2D eigenvalue weighted by molar-refractivity contribution is 6.30. The Morgan fingerprint density at radius 1 is 1.30 bits per heavy atom. The van der Waals surface area contributed by atoms with E-state index in [-0.39, 0.29) is 12.6 Å². The van der Waals surface area contributed by atoms with E-state index in [0.29, 0.717) is 17.2 Å². The van der Waals surface area contributed by atoms with Crippen molar-refractivity contribution in [3.8, 4) is 17.6 Å². The highest BCUT2D eigenvalue weighted by Crippen LogP contribution is 2.26. The lowest BCUT2D eigenvalue weighted by Gasteiger charge is -2.36. The quantitative estimate of drug-likeness (QED) is 0.626. The molecule has 1 heterocycles. The van der Waals surface area contributed by atoms with Crippen LogP contribution in [0.5, 0.6) is 5.75 Å². The average Bonchev–Trinajstić information content (AvgIpc) is 2.56. The van der Waals surface area contributed by atoms with Gasteiger partial charge in [0.15, 0.2) is 5.60 Å². The number of likely N-dealkylation sites (tertiary alicyclic amines) is 1. The Kier molecular flexibility index (Phi) is 6.32. The molecule has 0 amide bonds. The Labute approximate surface area is 142 Å². The SMILES string of the molecule is CCC(=O)OC1(C#CCOc2ccc(Cl)cc2)CCN(C)CC1. The van der Waals surface area contributed by atoms with Crippen LogP contribution in [0.25, 0.3) is 0 Å². The second-order valence-electron chi connectivity index (χ2n) is 5.67. The maximum atomic E-state index is 11.7. The molecule has 23 heavy (non-hydrogen) atoms. The summed E-state index contributed by atoms with van der Waals surface area (Å²) in [5, 5.41) is 0.667. The topological polar surface area (TPSA) is 38.8 Å². The number of benzene rings is 1. The van der Waals surface area contributed by atoms with Crippen LogP contribution in [-0.2, 0) is 9.53 Å². The molecule has 0 saturated carbocycles. The molecule has 1 aliphatic rings. The standard InChI is InChI=1S/C18H22ClNO3/c1-3-17(21)23-18(10-12-20(2)13-11-18)9-4-14-22-16-7-5-15(19)6-8-16/h5-8H,3,10-14H2,1-2H3. The molecule has 0 N–H and O–H groups in total. The van der Waals surface area contributed by atoms with Crippen LogP contribution in [0, 0.1) is 11.8 Å². The molecule has 0 aromatic heterocycles. The van der Waals surface area contributed by atoms with Gasteiger partial charge in [-0.05, 0) is 31.3 Å². The van der Waals surface area contributed by atoms with Gasteiger partial charge in [-0.1, -0.05) is 30.4 Å². The summed E-state index contributed by atoms with van der Waals surface area (Å²) in [5.74, 6) is 6.64. The van der Waals surface area contributed by atoms with Gasteiger partial charge in [0.25, 0.3) is 0 Å². The van der Waals surface area contributed by atoms with Gasteiger partial charge in [0.2, 0.25) is 0 Å². The smallest absolute Gasteiger partial charge is 0.307 e. The molecule has 1 aromatic carbocycles. The predicted octanol–water partition coefficient (Wildman–Crippen LogP) is 3.14. The van der Waals surface area contributed by atoms with E-state index in [4.69, 9.17) is 21.1 Å². The van der Waals surface area contributed by atoms with Gasteiger partial charge in [-0.15, -0.1) is 0 Å². The first-order chi connectivity index (χ1) is 11.0. The largest absolute Gasteiger partial charge is 0.481 e. The lowest BCUT2D eigenvalue weighted by Crippen LogP contribution is -2.45. The minimum absolute atomic E-state index is 0.206. The van der Waals surface area contributed by atoms with Gasteiger partial charge in [0.1, 0.15) is 12.4 Å². The molecule has 2 rings (SSSR count). The van der Waals surface area contributed by atoms with Gasteiger partial charge >= 0.3 is 5.97 Å². The van der Waals surface area contributed by atoms with Crippen LogP contribution in [-0.4, -0.2) is 43.2 Å². The molecule has 1 aliphatic heterocycles. The molecule has 0 radical (unpaired) electrons. The average molecular weight is 336 g/mol. The Balaban J connectivity index is 1.97. The van der Waals surface area contributed by atoms with E-state index in [0.717, 1.165) is 25.9 Å². The highest BCUT2D eigenvalue weighted by atomic mass is 35.5. The van der Waals surface area contributed by atoms with E-state index in [1.807, 2.05) is 0 Å². The van der Waals surface area contributed by atoms with Gasteiger partial charge in [-0.3, -0.25) is 4.79 Å². The number of nitrogens with zero attached hydrogens (tertiary/aromatic N) is 1. The molecular weight excluding hydrogens is 314 g/mol. The second-order valence-corrected chi connectivity index (χ2v) is 6.11. The van der Waals surface area contributed by atoms with Crippen molar-refractivity contribution in [2.45, 2.75) is 31.8 Å². The van der Waals surface area contributed by atoms with Crippen molar-refractivity contribution in [1.82, 2.24) is 4.90 Å². The van der Waals surface area contributed by atoms with Crippen LogP contribution in [0.3, 0.4) is 0 Å². The van der Waals surface area contributed by atoms with Crippen LogP contribution >= 0.6 is 11.6 Å². The summed E-state index contributed by atoms with van der Waals surface area (Å²) in [6, 6.07) is 7.14. The first-order valence-corrected chi connectivity index (χ1v) is 8.19. The van der Waals surface area contributed by atoms with Crippen molar-refractivity contribution in [3.63, 3.8) is 0 Å². The third kappa shape index (κ3) is 5.46. The minimum Gasteiger partial charge on any atom is -0.481 e. The van der Waals surface area contributed by atoms with Crippen molar-refractivity contribution < 1.29 is 14.3 Å². The molecule has 1 saturated heterocycles. The maximum absolute atomic E-state index is 11.7. The van der Waals surface area contributed by atoms with Crippen molar-refractivity contribution in [2.24, 2.45) is 0 Å². The zero-order valence-electron chi connectivity index (χ0n) is 13.6. The van der Waals surface area contributed by atoms with Crippen molar-refractivity contribution in [1.29, 1.82) is 0 Å². The van der Waals surface area contributed by atoms with Crippen molar-refractivity contribution in [2.75, 3.05) is 26.7 Å². The number of halogens is 1. The monoisotopic (exact) mass is 335 g/mol. The number of hydrogen-bond donors (Lipinski definition) is 0. The third-order valence-electron chi connectivity index (χ3n) is 3.83. The summed E-state index contributed by atoms with van der Waals surface area (Å²) in [6.07, 6.45) is 1.81. The lowest BCUT2D eigenvalue weighted by molar-refractivity contribution is -0.157. The fraction of sp³-hybridized carbons (Fsp3) is 0.500. The minimum atomic E-state index is -0.678. The van der Waals surface area contributed by atoms with E-state index >= 15 is 0 Å². The molecule has 1 aromatic rings. The van der Waals surface area contributed by atoms with Gasteiger partial charge < -0.3 is 14.4 Å². The van der Waals surface area contributed by atoms with E-state index in [1.165, 1.54) is 0 Å². The summed E-state index contributed by atoms with van der Waals surface area (Å²) in [6.45, 7) is 3.78. The Bertz CT molecular complexity index is 581. The summed E-state index contributed by atoms with van der Waals surface area (Å²) < 4.78 is 11.2. The normalized spacial score (nSPS) is 17.0. The molecular formula is C18H22ClNO3. The number of carbonyl (C=O) groups excluding carboxylic acids is 1. The molecule has 1 fully saturated rings. The molecule has 124 valence electrons. The maximum Gasteiger partial charge on any atom is 0.307 e. The van der Waals surface area contributed by atoms with Crippen LogP contribution < -0.4 is 4.74 Å². The summed E-state index contributed by atoms with van der Waals surface area (Å²) in [7, 11) is 2.06. The molecule has 5 heteroatoms. The van der Waals surface area contributed by atoms with E-state index in [2.05, 4.69) is 23.8 Å². The molecule has 0 unspecified atom stereocenters. The summed E-state index contributed by atoms with van der Waals surface area (Å²) in [4.78, 5) is 13.9. The van der Waals surface area contributed by atoms with E-state index in [9.17, 15) is 4.79 Å². The third-order valence-corrected chi connectivity index (χ3v) is 4.09. The van der Waals surface area contributed by atoms with E-state index in [1.54, 1.807) is 31.2 Å². The van der Waals surface area contributed by atoms with Gasteiger partial charge in [-0.25, -0.2) is 0 Å². The zero-order chi connectivity index (χ0) is 16.7. The van der Waals surface area contributed by atoms with Gasteiger partial charge in [0, 0.05) is 37.4 Å². The number of ether oxygens (including phenoxy) is 2. The first kappa shape index (κ1) is 17.7. The van der Waals surface area contributed by atoms with E-state index < -0.39 is 5.60 Å². The summed E-state index contributed by atoms with van der Waals surface area (Å²) >= 11 is 5.83. The zero-order valence-corrected chi connectivity index (χ0v) is 14.4. The fourth-order valence-electron chi connectivity index (χ4n) is 2.37. The first-order valence-electron chi connectivity index (χ1n) is 7.82. The van der Waals surface area contributed by atoms with Crippen molar-refractivity contribution >= 4 is 17.6 Å². The fourth-order valence-corrected chi connectivity index (χ4v) is 2.50. The number of esters is 1. The Morgan fingerprint density at radius 3 is 2.57 bits per heavy atom. The Hall–Kier alpha value is -1.70. The van der Waals surface area contributed by atoms with Crippen LogP contribution in [0.4, 0.5) is 0 Å². The van der Waals surface area contributed by atoms with Gasteiger partial charge in [0.05, 0.1) is 0 Å². The number of carbonyl (C=O) groups is 1. The van der Waals surface area contributed by atoms with Gasteiger partial charge in [-0.2, -0.15) is 0 Å². The summed E-state index contributed by atoms with van der Waals surface area (Å²) in [5.41, 5.74) is -0.678. The van der Waals surface area contributed by atoms with Crippen molar-refractivity contribution in [3.05, 3.63) is 29.3 Å². The highest BCUT2D eigenvalue weighted by Gasteiger charge is 2.35. The molecule has 0 atom stereocenters. The Morgan fingerprint density at radius 2 is 1.96 bits per heavy atom. The molecule has 0 spiro atoms. The number of piperidine rings is 1. The second kappa shape index (κ2) is 8.24. The van der Waals surface area contributed by atoms with Crippen LogP contribution in [0.1, 0.15) is 26.2 Å². The predicted molar refractivity (Wildman–Crippen MR) is 90.6 cm³/mol. The molecule has 0 bridgehead atoms. The number of rotatable bonds is 4. The van der Waals surface area contributed by atoms with Crippen LogP contribution in [0.15, 0.2) is 24.3 Å². The van der Waals surface area contributed by atoms with Crippen LogP contribution in [0.2, 0.25) is 5.02 Å². The lowest BCUT2D eigenvalue weighted by atomic mass is 9.92. The number of hydrogen-bond acceptors (Lipinski definition) is 4. The molecule has 4 nitrogen and oxygen atoms in total.